The molecular weight excluding hydrogens is 436 g/mol. The van der Waals surface area contributed by atoms with Crippen molar-refractivity contribution in [2.75, 3.05) is 0 Å². The molecule has 0 N–H and O–H groups in total. The van der Waals surface area contributed by atoms with Gasteiger partial charge in [0, 0.05) is 0 Å². The van der Waals surface area contributed by atoms with Crippen molar-refractivity contribution in [2.24, 2.45) is 7.05 Å². The van der Waals surface area contributed by atoms with Crippen LogP contribution in [0.15, 0.2) is 30.7 Å². The fraction of sp³-hybridized carbons (Fsp3) is 0.200. The number of halogens is 4. The molecule has 4 heterocycles. The molecule has 0 saturated heterocycles. The molecule has 0 saturated carbocycles. The van der Waals surface area contributed by atoms with Gasteiger partial charge in [0.15, 0.2) is 0 Å². The Labute approximate surface area is 156 Å². The molecule has 0 aromatic carbocycles. The first-order valence-electron chi connectivity index (χ1n) is 7.35. The van der Waals surface area contributed by atoms with Crippen molar-refractivity contribution >= 4 is 37.1 Å². The molecule has 0 bridgehead atoms. The Morgan fingerprint density at radius 2 is 2.00 bits per heavy atom. The molecule has 0 spiro atoms. The molecule has 26 heavy (non-hydrogen) atoms. The van der Waals surface area contributed by atoms with Crippen LogP contribution in [0.1, 0.15) is 10.1 Å². The Bertz CT molecular complexity index is 1100. The van der Waals surface area contributed by atoms with Gasteiger partial charge in [-0.3, -0.25) is 0 Å². The SMILES string of the molecule is Cn1cc(C(F)(F)F)nc1-c1ccc(Cn2ncc3cnc(Cl)nc32)[se]1. The molecule has 0 unspecified atom stereocenters. The molecular formula is C15H10ClF3N6Se. The van der Waals surface area contributed by atoms with Gasteiger partial charge in [-0.15, -0.1) is 0 Å². The first kappa shape index (κ1) is 17.3. The molecule has 4 aromatic heterocycles. The summed E-state index contributed by atoms with van der Waals surface area (Å²) in [5, 5.41) is 5.19. The van der Waals surface area contributed by atoms with Crippen molar-refractivity contribution < 1.29 is 13.2 Å². The van der Waals surface area contributed by atoms with E-state index in [2.05, 4.69) is 20.1 Å². The molecule has 0 atom stereocenters. The van der Waals surface area contributed by atoms with Crippen LogP contribution in [-0.4, -0.2) is 43.8 Å². The number of hydrogen-bond donors (Lipinski definition) is 0. The van der Waals surface area contributed by atoms with Gasteiger partial charge < -0.3 is 0 Å². The third-order valence-electron chi connectivity index (χ3n) is 3.70. The van der Waals surface area contributed by atoms with Crippen LogP contribution in [0.25, 0.3) is 21.3 Å². The molecule has 0 aliphatic rings. The maximum absolute atomic E-state index is 12.8. The molecule has 4 rings (SSSR count). The second-order valence-electron chi connectivity index (χ2n) is 5.54. The van der Waals surface area contributed by atoms with Gasteiger partial charge in [-0.2, -0.15) is 0 Å². The normalized spacial score (nSPS) is 12.2. The quantitative estimate of drug-likeness (QED) is 0.359. The van der Waals surface area contributed by atoms with Crippen molar-refractivity contribution in [1.29, 1.82) is 0 Å². The van der Waals surface area contributed by atoms with Crippen LogP contribution in [0, 0.1) is 0 Å². The third-order valence-corrected chi connectivity index (χ3v) is 6.12. The number of alkyl halides is 3. The standard InChI is InChI=1S/C15H10ClF3N6Se/c1-24-7-11(15(17,18)19)22-13(24)10-3-2-9(26-10)6-25-12-8(5-21-25)4-20-14(16)23-12/h2-5,7H,6H2,1H3. The second-order valence-corrected chi connectivity index (χ2v) is 8.33. The van der Waals surface area contributed by atoms with E-state index in [0.717, 1.165) is 20.5 Å². The number of hydrogen-bond acceptors (Lipinski definition) is 4. The maximum atomic E-state index is 12.8. The van der Waals surface area contributed by atoms with Gasteiger partial charge in [-0.05, 0) is 0 Å². The summed E-state index contributed by atoms with van der Waals surface area (Å²) in [6, 6.07) is 3.71. The summed E-state index contributed by atoms with van der Waals surface area (Å²) in [6.07, 6.45) is -0.203. The number of rotatable bonds is 3. The minimum atomic E-state index is -4.45. The Kier molecular flexibility index (Phi) is 4.13. The van der Waals surface area contributed by atoms with Crippen LogP contribution < -0.4 is 0 Å². The van der Waals surface area contributed by atoms with Crippen LogP contribution in [0.2, 0.25) is 5.28 Å². The summed E-state index contributed by atoms with van der Waals surface area (Å²) in [5.74, 6) is 0.333. The Balaban J connectivity index is 1.64. The fourth-order valence-corrected chi connectivity index (χ4v) is 4.80. The monoisotopic (exact) mass is 446 g/mol. The van der Waals surface area contributed by atoms with E-state index in [0.29, 0.717) is 18.0 Å². The summed E-state index contributed by atoms with van der Waals surface area (Å²) in [7, 11) is 1.56. The summed E-state index contributed by atoms with van der Waals surface area (Å²) < 4.78 is 43.5. The van der Waals surface area contributed by atoms with E-state index in [1.807, 2.05) is 12.1 Å². The molecule has 0 fully saturated rings. The number of fused-ring (bicyclic) bond motifs is 1. The van der Waals surface area contributed by atoms with Crippen molar-refractivity contribution in [2.45, 2.75) is 12.7 Å². The van der Waals surface area contributed by atoms with Crippen LogP contribution in [0.4, 0.5) is 13.2 Å². The number of nitrogens with zero attached hydrogens (tertiary/aromatic N) is 6. The van der Waals surface area contributed by atoms with Crippen LogP contribution in [-0.2, 0) is 19.8 Å². The van der Waals surface area contributed by atoms with E-state index < -0.39 is 11.9 Å². The van der Waals surface area contributed by atoms with Crippen molar-refractivity contribution in [3.05, 3.63) is 46.1 Å². The fourth-order valence-electron chi connectivity index (χ4n) is 2.52. The predicted molar refractivity (Wildman–Crippen MR) is 90.0 cm³/mol. The summed E-state index contributed by atoms with van der Waals surface area (Å²) in [5.41, 5.74) is -0.268. The predicted octanol–water partition coefficient (Wildman–Crippen LogP) is 3.00. The van der Waals surface area contributed by atoms with Crippen molar-refractivity contribution in [1.82, 2.24) is 29.3 Å². The van der Waals surface area contributed by atoms with Crippen molar-refractivity contribution in [3.63, 3.8) is 0 Å². The number of aromatic nitrogens is 6. The van der Waals surface area contributed by atoms with E-state index in [9.17, 15) is 13.2 Å². The minimum absolute atomic E-state index is 0.136. The molecule has 6 nitrogen and oxygen atoms in total. The average molecular weight is 446 g/mol. The summed E-state index contributed by atoms with van der Waals surface area (Å²) in [4.78, 5) is 11.8. The topological polar surface area (TPSA) is 61.4 Å². The van der Waals surface area contributed by atoms with Gasteiger partial charge in [0.05, 0.1) is 0 Å². The zero-order valence-electron chi connectivity index (χ0n) is 13.2. The van der Waals surface area contributed by atoms with Crippen molar-refractivity contribution in [3.8, 4) is 10.3 Å². The second kappa shape index (κ2) is 6.22. The van der Waals surface area contributed by atoms with Gasteiger partial charge >= 0.3 is 156 Å². The van der Waals surface area contributed by atoms with E-state index in [4.69, 9.17) is 11.6 Å². The molecule has 0 aliphatic carbocycles. The molecule has 4 aromatic rings. The van der Waals surface area contributed by atoms with E-state index >= 15 is 0 Å². The van der Waals surface area contributed by atoms with Gasteiger partial charge in [0.1, 0.15) is 0 Å². The third kappa shape index (κ3) is 3.15. The van der Waals surface area contributed by atoms with Gasteiger partial charge in [0.25, 0.3) is 0 Å². The Hall–Kier alpha value is -2.16. The average Bonchev–Trinajstić information content (AvgIpc) is 3.26. The van der Waals surface area contributed by atoms with Gasteiger partial charge in [0.2, 0.25) is 0 Å². The molecule has 134 valence electrons. The molecule has 0 radical (unpaired) electrons. The first-order chi connectivity index (χ1) is 12.3. The van der Waals surface area contributed by atoms with E-state index in [-0.39, 0.29) is 19.8 Å². The number of aryl methyl sites for hydroxylation is 1. The molecule has 11 heteroatoms. The summed E-state index contributed by atoms with van der Waals surface area (Å²) in [6.45, 7) is 0.480. The first-order valence-corrected chi connectivity index (χ1v) is 9.44. The van der Waals surface area contributed by atoms with Crippen LogP contribution >= 0.6 is 11.6 Å². The Morgan fingerprint density at radius 3 is 2.73 bits per heavy atom. The van der Waals surface area contributed by atoms with E-state index in [1.54, 1.807) is 24.1 Å². The molecule has 0 aliphatic heterocycles. The van der Waals surface area contributed by atoms with Crippen LogP contribution in [0.3, 0.4) is 0 Å². The summed E-state index contributed by atoms with van der Waals surface area (Å²) >= 11 is 5.68. The van der Waals surface area contributed by atoms with Crippen LogP contribution in [0.5, 0.6) is 0 Å². The Morgan fingerprint density at radius 1 is 1.19 bits per heavy atom. The van der Waals surface area contributed by atoms with Gasteiger partial charge in [-0.25, -0.2) is 0 Å². The van der Waals surface area contributed by atoms with E-state index in [1.165, 1.54) is 4.57 Å². The molecule has 0 amide bonds. The number of imidazole rings is 1. The zero-order chi connectivity index (χ0) is 18.5. The van der Waals surface area contributed by atoms with Gasteiger partial charge in [-0.1, -0.05) is 0 Å². The zero-order valence-corrected chi connectivity index (χ0v) is 15.7.